The summed E-state index contributed by atoms with van der Waals surface area (Å²) in [7, 11) is 0. The molecule has 0 saturated carbocycles. The zero-order valence-electron chi connectivity index (χ0n) is 13.0. The van der Waals surface area contributed by atoms with Crippen molar-refractivity contribution in [3.63, 3.8) is 0 Å². The van der Waals surface area contributed by atoms with Crippen LogP contribution in [0.4, 0.5) is 5.69 Å². The van der Waals surface area contributed by atoms with Crippen LogP contribution in [0, 0.1) is 30.1 Å². The normalized spacial score (nSPS) is 16.7. The summed E-state index contributed by atoms with van der Waals surface area (Å²) in [5, 5.41) is 9.15. The van der Waals surface area contributed by atoms with Crippen LogP contribution in [0.3, 0.4) is 0 Å². The minimum atomic E-state index is -0.518. The Hall–Kier alpha value is -2.02. The highest BCUT2D eigenvalue weighted by atomic mass is 16.2. The van der Waals surface area contributed by atoms with E-state index in [1.165, 1.54) is 11.3 Å². The lowest BCUT2D eigenvalue weighted by Crippen LogP contribution is -2.50. The van der Waals surface area contributed by atoms with Crippen molar-refractivity contribution in [2.45, 2.75) is 20.8 Å². The highest BCUT2D eigenvalue weighted by Gasteiger charge is 2.29. The number of anilines is 1. The van der Waals surface area contributed by atoms with E-state index in [1.807, 2.05) is 18.7 Å². The summed E-state index contributed by atoms with van der Waals surface area (Å²) in [6, 6.07) is 10.6. The fraction of sp³-hybridized carbons (Fsp3) is 0.529. The van der Waals surface area contributed by atoms with Gasteiger partial charge >= 0.3 is 0 Å². The molecule has 1 aromatic rings. The highest BCUT2D eigenvalue weighted by Crippen LogP contribution is 2.20. The van der Waals surface area contributed by atoms with E-state index in [0.717, 1.165) is 13.1 Å². The molecule has 1 atom stereocenters. The Morgan fingerprint density at radius 1 is 1.24 bits per heavy atom. The lowest BCUT2D eigenvalue weighted by molar-refractivity contribution is -0.135. The van der Waals surface area contributed by atoms with E-state index < -0.39 is 5.92 Å². The molecule has 1 saturated heterocycles. The molecule has 1 fully saturated rings. The fourth-order valence-electron chi connectivity index (χ4n) is 2.70. The quantitative estimate of drug-likeness (QED) is 0.857. The smallest absolute Gasteiger partial charge is 0.240 e. The zero-order chi connectivity index (χ0) is 15.4. The Balaban J connectivity index is 1.97. The minimum Gasteiger partial charge on any atom is -0.368 e. The number of hydrogen-bond donors (Lipinski definition) is 0. The molecule has 2 rings (SSSR count). The van der Waals surface area contributed by atoms with Crippen LogP contribution in [0.1, 0.15) is 19.4 Å². The SMILES string of the molecule is Cc1cccc(N2CCN(C(=O)C(C#N)C(C)C)CC2)c1. The first-order valence-corrected chi connectivity index (χ1v) is 7.53. The zero-order valence-corrected chi connectivity index (χ0v) is 13.0. The van der Waals surface area contributed by atoms with Crippen LogP contribution in [0.15, 0.2) is 24.3 Å². The number of nitriles is 1. The van der Waals surface area contributed by atoms with Crippen molar-refractivity contribution in [1.29, 1.82) is 5.26 Å². The van der Waals surface area contributed by atoms with E-state index in [1.54, 1.807) is 0 Å². The van der Waals surface area contributed by atoms with Gasteiger partial charge < -0.3 is 9.80 Å². The number of hydrogen-bond acceptors (Lipinski definition) is 3. The largest absolute Gasteiger partial charge is 0.368 e. The van der Waals surface area contributed by atoms with Gasteiger partial charge in [0, 0.05) is 31.9 Å². The summed E-state index contributed by atoms with van der Waals surface area (Å²) in [6.07, 6.45) is 0. The third-order valence-electron chi connectivity index (χ3n) is 4.03. The molecule has 21 heavy (non-hydrogen) atoms. The van der Waals surface area contributed by atoms with Crippen molar-refractivity contribution in [2.24, 2.45) is 11.8 Å². The molecular formula is C17H23N3O. The summed E-state index contributed by atoms with van der Waals surface area (Å²) < 4.78 is 0. The summed E-state index contributed by atoms with van der Waals surface area (Å²) in [5.41, 5.74) is 2.46. The van der Waals surface area contributed by atoms with Crippen LogP contribution in [0.2, 0.25) is 0 Å². The highest BCUT2D eigenvalue weighted by molar-refractivity contribution is 5.81. The van der Waals surface area contributed by atoms with Crippen LogP contribution in [-0.4, -0.2) is 37.0 Å². The second-order valence-electron chi connectivity index (χ2n) is 6.00. The molecular weight excluding hydrogens is 262 g/mol. The predicted molar refractivity (Wildman–Crippen MR) is 83.9 cm³/mol. The lowest BCUT2D eigenvalue weighted by atomic mass is 9.95. The van der Waals surface area contributed by atoms with Gasteiger partial charge in [0.05, 0.1) is 6.07 Å². The Morgan fingerprint density at radius 2 is 1.90 bits per heavy atom. The van der Waals surface area contributed by atoms with Crippen LogP contribution >= 0.6 is 0 Å². The van der Waals surface area contributed by atoms with Gasteiger partial charge in [0.2, 0.25) is 5.91 Å². The maximum atomic E-state index is 12.4. The molecule has 0 radical (unpaired) electrons. The third kappa shape index (κ3) is 3.55. The van der Waals surface area contributed by atoms with Crippen molar-refractivity contribution in [2.75, 3.05) is 31.1 Å². The van der Waals surface area contributed by atoms with Crippen molar-refractivity contribution in [1.82, 2.24) is 4.90 Å². The van der Waals surface area contributed by atoms with Crippen LogP contribution in [0.25, 0.3) is 0 Å². The molecule has 1 amide bonds. The van der Waals surface area contributed by atoms with Crippen LogP contribution in [0.5, 0.6) is 0 Å². The number of nitrogens with zero attached hydrogens (tertiary/aromatic N) is 3. The number of amides is 1. The molecule has 112 valence electrons. The predicted octanol–water partition coefficient (Wildman–Crippen LogP) is 2.44. The van der Waals surface area contributed by atoms with Gasteiger partial charge in [-0.15, -0.1) is 0 Å². The first kappa shape index (κ1) is 15.4. The summed E-state index contributed by atoms with van der Waals surface area (Å²) in [6.45, 7) is 8.97. The molecule has 1 aliphatic heterocycles. The van der Waals surface area contributed by atoms with Crippen molar-refractivity contribution < 1.29 is 4.79 Å². The van der Waals surface area contributed by atoms with Gasteiger partial charge in [-0.2, -0.15) is 5.26 Å². The first-order valence-electron chi connectivity index (χ1n) is 7.53. The molecule has 0 bridgehead atoms. The number of rotatable bonds is 3. The van der Waals surface area contributed by atoms with Gasteiger partial charge in [0.15, 0.2) is 0 Å². The van der Waals surface area contributed by atoms with Crippen molar-refractivity contribution in [3.8, 4) is 6.07 Å². The molecule has 1 aromatic carbocycles. The van der Waals surface area contributed by atoms with E-state index >= 15 is 0 Å². The van der Waals surface area contributed by atoms with Crippen LogP contribution in [-0.2, 0) is 4.79 Å². The molecule has 1 unspecified atom stereocenters. The molecule has 0 aromatic heterocycles. The Labute approximate surface area is 127 Å². The second-order valence-corrected chi connectivity index (χ2v) is 6.00. The van der Waals surface area contributed by atoms with Crippen molar-refractivity contribution >= 4 is 11.6 Å². The number of carbonyl (C=O) groups excluding carboxylic acids is 1. The monoisotopic (exact) mass is 285 g/mol. The average Bonchev–Trinajstić information content (AvgIpc) is 2.47. The van der Waals surface area contributed by atoms with Gasteiger partial charge in [0.25, 0.3) is 0 Å². The first-order chi connectivity index (χ1) is 10.0. The third-order valence-corrected chi connectivity index (χ3v) is 4.03. The number of carbonyl (C=O) groups is 1. The van der Waals surface area contributed by atoms with Gasteiger partial charge in [-0.3, -0.25) is 4.79 Å². The Bertz CT molecular complexity index is 539. The second kappa shape index (κ2) is 6.62. The summed E-state index contributed by atoms with van der Waals surface area (Å²) in [4.78, 5) is 16.5. The maximum Gasteiger partial charge on any atom is 0.240 e. The van der Waals surface area contributed by atoms with Gasteiger partial charge in [-0.25, -0.2) is 0 Å². The molecule has 1 heterocycles. The van der Waals surface area contributed by atoms with Gasteiger partial charge in [0.1, 0.15) is 5.92 Å². The summed E-state index contributed by atoms with van der Waals surface area (Å²) in [5.74, 6) is -0.468. The standard InChI is InChI=1S/C17H23N3O/c1-13(2)16(12-18)17(21)20-9-7-19(8-10-20)15-6-4-5-14(3)11-15/h4-6,11,13,16H,7-10H2,1-3H3. The van der Waals surface area contributed by atoms with E-state index in [4.69, 9.17) is 5.26 Å². The van der Waals surface area contributed by atoms with E-state index in [0.29, 0.717) is 13.1 Å². The van der Waals surface area contributed by atoms with Gasteiger partial charge in [-0.1, -0.05) is 26.0 Å². The topological polar surface area (TPSA) is 47.3 Å². The maximum absolute atomic E-state index is 12.4. The molecule has 0 aliphatic carbocycles. The molecule has 0 N–H and O–H groups in total. The van der Waals surface area contributed by atoms with E-state index in [2.05, 4.69) is 42.2 Å². The molecule has 0 spiro atoms. The number of aryl methyl sites for hydroxylation is 1. The number of benzene rings is 1. The van der Waals surface area contributed by atoms with Crippen LogP contribution < -0.4 is 4.90 Å². The molecule has 4 heteroatoms. The Kier molecular flexibility index (Phi) is 4.85. The number of piperazine rings is 1. The Morgan fingerprint density at radius 3 is 2.43 bits per heavy atom. The van der Waals surface area contributed by atoms with Crippen molar-refractivity contribution in [3.05, 3.63) is 29.8 Å². The molecule has 4 nitrogen and oxygen atoms in total. The minimum absolute atomic E-state index is 0.0172. The van der Waals surface area contributed by atoms with E-state index in [9.17, 15) is 4.79 Å². The van der Waals surface area contributed by atoms with E-state index in [-0.39, 0.29) is 11.8 Å². The fourth-order valence-corrected chi connectivity index (χ4v) is 2.70. The van der Waals surface area contributed by atoms with Gasteiger partial charge in [-0.05, 0) is 30.5 Å². The lowest BCUT2D eigenvalue weighted by Gasteiger charge is -2.37. The summed E-state index contributed by atoms with van der Waals surface area (Å²) >= 11 is 0. The molecule has 1 aliphatic rings. The average molecular weight is 285 g/mol.